The zero-order valence-electron chi connectivity index (χ0n) is 18.4. The first-order valence-electron chi connectivity index (χ1n) is 10.5. The number of ether oxygens (including phenoxy) is 5. The van der Waals surface area contributed by atoms with Crippen molar-refractivity contribution in [2.75, 3.05) is 27.9 Å². The van der Waals surface area contributed by atoms with Gasteiger partial charge in [0.1, 0.15) is 11.5 Å². The van der Waals surface area contributed by atoms with Crippen LogP contribution in [0.15, 0.2) is 17.8 Å². The average Bonchev–Trinajstić information content (AvgIpc) is 3.12. The number of hydrogen-bond donors (Lipinski definition) is 0. The summed E-state index contributed by atoms with van der Waals surface area (Å²) in [4.78, 5) is 28.0. The summed E-state index contributed by atoms with van der Waals surface area (Å²) in [5.74, 6) is -0.0984. The smallest absolute Gasteiger partial charge is 0.318 e. The van der Waals surface area contributed by atoms with E-state index in [0.29, 0.717) is 36.6 Å². The molecule has 0 saturated carbocycles. The van der Waals surface area contributed by atoms with Crippen LogP contribution in [0.5, 0.6) is 11.5 Å². The monoisotopic (exact) mass is 429 g/mol. The van der Waals surface area contributed by atoms with Crippen LogP contribution in [0, 0.1) is 5.41 Å². The van der Waals surface area contributed by atoms with Gasteiger partial charge in [-0.15, -0.1) is 0 Å². The van der Waals surface area contributed by atoms with Gasteiger partial charge < -0.3 is 28.6 Å². The number of hydrogen-bond acceptors (Lipinski definition) is 7. The Kier molecular flexibility index (Phi) is 4.40. The van der Waals surface area contributed by atoms with Gasteiger partial charge in [0, 0.05) is 24.2 Å². The summed E-state index contributed by atoms with van der Waals surface area (Å²) in [7, 11) is 4.55. The molecule has 166 valence electrons. The SMILES string of the molecule is COC(=O)[C@]12CC(=O)N3CCc4cc(OC)c(OC)cc4C(=C31)[C@H]1OC(C)(C)O[C@H]1C2. The molecule has 4 aliphatic rings. The van der Waals surface area contributed by atoms with E-state index in [4.69, 9.17) is 23.7 Å². The van der Waals surface area contributed by atoms with Crippen molar-refractivity contribution >= 4 is 17.4 Å². The van der Waals surface area contributed by atoms with Gasteiger partial charge in [-0.1, -0.05) is 0 Å². The molecule has 3 heterocycles. The van der Waals surface area contributed by atoms with E-state index in [1.54, 1.807) is 19.1 Å². The van der Waals surface area contributed by atoms with E-state index in [9.17, 15) is 9.59 Å². The molecule has 1 aromatic carbocycles. The Morgan fingerprint density at radius 2 is 1.84 bits per heavy atom. The van der Waals surface area contributed by atoms with Gasteiger partial charge in [0.05, 0.1) is 27.4 Å². The number of carbonyl (C=O) groups is 2. The van der Waals surface area contributed by atoms with Crippen molar-refractivity contribution in [2.45, 2.75) is 51.1 Å². The fourth-order valence-corrected chi connectivity index (χ4v) is 5.68. The third kappa shape index (κ3) is 2.74. The summed E-state index contributed by atoms with van der Waals surface area (Å²) in [5, 5.41) is 0. The zero-order valence-corrected chi connectivity index (χ0v) is 18.4. The largest absolute Gasteiger partial charge is 0.493 e. The number of carbonyl (C=O) groups excluding carboxylic acids is 2. The summed E-state index contributed by atoms with van der Waals surface area (Å²) in [6.45, 7) is 4.21. The van der Waals surface area contributed by atoms with Crippen LogP contribution in [0.1, 0.15) is 37.8 Å². The molecule has 8 nitrogen and oxygen atoms in total. The molecule has 0 bridgehead atoms. The number of nitrogens with zero attached hydrogens (tertiary/aromatic N) is 1. The molecule has 0 aromatic heterocycles. The molecule has 0 spiro atoms. The van der Waals surface area contributed by atoms with Crippen LogP contribution in [0.3, 0.4) is 0 Å². The second-order valence-electron chi connectivity index (χ2n) is 8.97. The first kappa shape index (κ1) is 20.3. The normalized spacial score (nSPS) is 30.4. The molecule has 0 unspecified atom stereocenters. The second-order valence-corrected chi connectivity index (χ2v) is 8.97. The molecule has 2 saturated heterocycles. The summed E-state index contributed by atoms with van der Waals surface area (Å²) < 4.78 is 28.9. The van der Waals surface area contributed by atoms with Crippen LogP contribution < -0.4 is 9.47 Å². The number of rotatable bonds is 3. The molecule has 3 atom stereocenters. The van der Waals surface area contributed by atoms with Gasteiger partial charge in [-0.2, -0.15) is 0 Å². The van der Waals surface area contributed by atoms with Crippen LogP contribution in [0.25, 0.3) is 5.57 Å². The van der Waals surface area contributed by atoms with Gasteiger partial charge in [-0.3, -0.25) is 9.59 Å². The molecule has 31 heavy (non-hydrogen) atoms. The third-order valence-electron chi connectivity index (χ3n) is 6.83. The lowest BCUT2D eigenvalue weighted by molar-refractivity contribution is -0.157. The highest BCUT2D eigenvalue weighted by Crippen LogP contribution is 2.58. The molecule has 0 radical (unpaired) electrons. The average molecular weight is 429 g/mol. The maximum absolute atomic E-state index is 13.2. The fraction of sp³-hybridized carbons (Fsp3) is 0.565. The van der Waals surface area contributed by atoms with Crippen molar-refractivity contribution in [1.82, 2.24) is 4.90 Å². The van der Waals surface area contributed by atoms with Crippen LogP contribution in [-0.2, 0) is 30.2 Å². The van der Waals surface area contributed by atoms with Gasteiger partial charge in [0.2, 0.25) is 5.91 Å². The number of esters is 1. The standard InChI is InChI=1S/C23H27NO7/c1-22(2)30-16-10-23(21(26)29-5)11-17(25)24-7-6-12-8-14(27-3)15(28-4)9-13(12)18(20(23)24)19(16)31-22/h8-9,16,19H,6-7,10-11H2,1-5H3/t16-,19-,23+/m0/s1. The Morgan fingerprint density at radius 1 is 1.13 bits per heavy atom. The lowest BCUT2D eigenvalue weighted by atomic mass is 9.69. The zero-order chi connectivity index (χ0) is 22.1. The highest BCUT2D eigenvalue weighted by atomic mass is 16.8. The number of methoxy groups -OCH3 is 3. The van der Waals surface area contributed by atoms with Crippen molar-refractivity contribution in [2.24, 2.45) is 5.41 Å². The molecule has 1 amide bonds. The molecular formula is C23H27NO7. The molecule has 5 rings (SSSR count). The first-order chi connectivity index (χ1) is 14.7. The van der Waals surface area contributed by atoms with Gasteiger partial charge in [-0.25, -0.2) is 0 Å². The summed E-state index contributed by atoms with van der Waals surface area (Å²) >= 11 is 0. The molecule has 8 heteroatoms. The Morgan fingerprint density at radius 3 is 2.52 bits per heavy atom. The van der Waals surface area contributed by atoms with Crippen molar-refractivity contribution in [3.05, 3.63) is 29.0 Å². The minimum Gasteiger partial charge on any atom is -0.493 e. The van der Waals surface area contributed by atoms with E-state index in [0.717, 1.165) is 16.7 Å². The van der Waals surface area contributed by atoms with Gasteiger partial charge in [-0.05, 0) is 49.9 Å². The van der Waals surface area contributed by atoms with E-state index in [1.165, 1.54) is 7.11 Å². The minimum absolute atomic E-state index is 0.0775. The maximum Gasteiger partial charge on any atom is 0.318 e. The lowest BCUT2D eigenvalue weighted by Gasteiger charge is -2.39. The van der Waals surface area contributed by atoms with E-state index in [-0.39, 0.29) is 18.4 Å². The van der Waals surface area contributed by atoms with Gasteiger partial charge in [0.15, 0.2) is 17.3 Å². The Labute approximate surface area is 181 Å². The second kappa shape index (κ2) is 6.71. The minimum atomic E-state index is -1.08. The van der Waals surface area contributed by atoms with Crippen molar-refractivity contribution < 1.29 is 33.3 Å². The molecule has 3 aliphatic heterocycles. The summed E-state index contributed by atoms with van der Waals surface area (Å²) in [6.07, 6.45) is 0.254. The van der Waals surface area contributed by atoms with Crippen molar-refractivity contribution in [3.63, 3.8) is 0 Å². The molecule has 0 N–H and O–H groups in total. The highest BCUT2D eigenvalue weighted by molar-refractivity contribution is 5.99. The van der Waals surface area contributed by atoms with Crippen molar-refractivity contribution in [1.29, 1.82) is 0 Å². The quantitative estimate of drug-likeness (QED) is 0.682. The Hall–Kier alpha value is -2.58. The number of amides is 1. The molecule has 1 aromatic rings. The van der Waals surface area contributed by atoms with E-state index in [1.807, 2.05) is 26.0 Å². The summed E-state index contributed by atoms with van der Waals surface area (Å²) in [5.41, 5.74) is 2.33. The molecule has 1 aliphatic carbocycles. The van der Waals surface area contributed by atoms with E-state index < -0.39 is 23.3 Å². The van der Waals surface area contributed by atoms with Crippen LogP contribution >= 0.6 is 0 Å². The van der Waals surface area contributed by atoms with Gasteiger partial charge >= 0.3 is 5.97 Å². The Bertz CT molecular complexity index is 1010. The predicted octanol–water partition coefficient (Wildman–Crippen LogP) is 2.29. The fourth-order valence-electron chi connectivity index (χ4n) is 5.68. The van der Waals surface area contributed by atoms with Gasteiger partial charge in [0.25, 0.3) is 0 Å². The molecule has 2 fully saturated rings. The van der Waals surface area contributed by atoms with E-state index >= 15 is 0 Å². The van der Waals surface area contributed by atoms with Crippen LogP contribution in [0.4, 0.5) is 0 Å². The van der Waals surface area contributed by atoms with E-state index in [2.05, 4.69) is 0 Å². The highest BCUT2D eigenvalue weighted by Gasteiger charge is 2.63. The topological polar surface area (TPSA) is 83.5 Å². The first-order valence-corrected chi connectivity index (χ1v) is 10.5. The van der Waals surface area contributed by atoms with Crippen LogP contribution in [-0.4, -0.2) is 62.6 Å². The predicted molar refractivity (Wildman–Crippen MR) is 109 cm³/mol. The Balaban J connectivity index is 1.82. The van der Waals surface area contributed by atoms with Crippen LogP contribution in [0.2, 0.25) is 0 Å². The number of fused-ring (bicyclic) bond motifs is 4. The summed E-state index contributed by atoms with van der Waals surface area (Å²) in [6, 6.07) is 3.86. The number of benzene rings is 1. The third-order valence-corrected chi connectivity index (χ3v) is 6.83. The lowest BCUT2D eigenvalue weighted by Crippen LogP contribution is -2.45. The molecular weight excluding hydrogens is 402 g/mol. The van der Waals surface area contributed by atoms with Crippen molar-refractivity contribution in [3.8, 4) is 11.5 Å². The maximum atomic E-state index is 13.2.